The molecule has 1 amide bonds. The van der Waals surface area contributed by atoms with Crippen LogP contribution in [0.1, 0.15) is 12.5 Å². The van der Waals surface area contributed by atoms with E-state index < -0.39 is 0 Å². The van der Waals surface area contributed by atoms with Gasteiger partial charge in [0.25, 0.3) is 0 Å². The molecule has 2 N–H and O–H groups in total. The number of hydrogen-bond acceptors (Lipinski definition) is 2. The molecule has 0 saturated heterocycles. The standard InChI is InChI=1S/C11H16N2O/c1-8-6-4-5-7-10(8)13-11(14)9(2)12-3/h4-7,9,12H,1-3H3,(H,13,14)/t9-/m0/s1. The van der Waals surface area contributed by atoms with Gasteiger partial charge in [0, 0.05) is 5.69 Å². The molecule has 14 heavy (non-hydrogen) atoms. The lowest BCUT2D eigenvalue weighted by Gasteiger charge is -2.12. The van der Waals surface area contributed by atoms with Crippen LogP contribution in [0, 0.1) is 6.92 Å². The van der Waals surface area contributed by atoms with Gasteiger partial charge in [0.2, 0.25) is 5.91 Å². The minimum atomic E-state index is -0.172. The van der Waals surface area contributed by atoms with E-state index in [0.717, 1.165) is 11.3 Å². The summed E-state index contributed by atoms with van der Waals surface area (Å²) < 4.78 is 0. The summed E-state index contributed by atoms with van der Waals surface area (Å²) in [7, 11) is 1.77. The van der Waals surface area contributed by atoms with Gasteiger partial charge in [-0.2, -0.15) is 0 Å². The molecule has 0 aliphatic carbocycles. The van der Waals surface area contributed by atoms with Gasteiger partial charge < -0.3 is 10.6 Å². The Hall–Kier alpha value is -1.35. The van der Waals surface area contributed by atoms with Crippen molar-refractivity contribution in [3.63, 3.8) is 0 Å². The van der Waals surface area contributed by atoms with Crippen molar-refractivity contribution in [3.8, 4) is 0 Å². The first kappa shape index (κ1) is 10.7. The Morgan fingerprint density at radius 2 is 2.00 bits per heavy atom. The molecule has 1 rings (SSSR count). The normalized spacial score (nSPS) is 12.2. The van der Waals surface area contributed by atoms with Crippen LogP contribution in [0.3, 0.4) is 0 Å². The summed E-state index contributed by atoms with van der Waals surface area (Å²) in [4.78, 5) is 11.5. The molecule has 0 aliphatic heterocycles. The molecule has 0 fully saturated rings. The number of carbonyl (C=O) groups excluding carboxylic acids is 1. The van der Waals surface area contributed by atoms with Gasteiger partial charge in [-0.05, 0) is 32.5 Å². The average Bonchev–Trinajstić information content (AvgIpc) is 2.20. The van der Waals surface area contributed by atoms with E-state index in [4.69, 9.17) is 0 Å². The quantitative estimate of drug-likeness (QED) is 0.762. The molecule has 0 unspecified atom stereocenters. The SMILES string of the molecule is CN[C@@H](C)C(=O)Nc1ccccc1C. The molecule has 0 radical (unpaired) electrons. The van der Waals surface area contributed by atoms with Crippen molar-refractivity contribution in [3.05, 3.63) is 29.8 Å². The van der Waals surface area contributed by atoms with Gasteiger partial charge in [0.1, 0.15) is 0 Å². The van der Waals surface area contributed by atoms with Crippen molar-refractivity contribution in [2.24, 2.45) is 0 Å². The highest BCUT2D eigenvalue weighted by molar-refractivity contribution is 5.95. The van der Waals surface area contributed by atoms with Crippen molar-refractivity contribution >= 4 is 11.6 Å². The van der Waals surface area contributed by atoms with E-state index in [0.29, 0.717) is 0 Å². The Morgan fingerprint density at radius 3 is 2.57 bits per heavy atom. The van der Waals surface area contributed by atoms with E-state index in [1.807, 2.05) is 38.1 Å². The number of anilines is 1. The summed E-state index contributed by atoms with van der Waals surface area (Å²) in [6.07, 6.45) is 0. The Morgan fingerprint density at radius 1 is 1.36 bits per heavy atom. The molecule has 1 aromatic carbocycles. The third kappa shape index (κ3) is 2.57. The number of hydrogen-bond donors (Lipinski definition) is 2. The highest BCUT2D eigenvalue weighted by atomic mass is 16.2. The van der Waals surface area contributed by atoms with Crippen LogP contribution in [0.5, 0.6) is 0 Å². The predicted octanol–water partition coefficient (Wildman–Crippen LogP) is 1.54. The lowest BCUT2D eigenvalue weighted by molar-refractivity contribution is -0.117. The number of aryl methyl sites for hydroxylation is 1. The summed E-state index contributed by atoms with van der Waals surface area (Å²) in [5.74, 6) is -0.0122. The van der Waals surface area contributed by atoms with Gasteiger partial charge in [-0.3, -0.25) is 4.79 Å². The van der Waals surface area contributed by atoms with Crippen LogP contribution < -0.4 is 10.6 Å². The van der Waals surface area contributed by atoms with E-state index in [1.165, 1.54) is 0 Å². The molecule has 3 nitrogen and oxygen atoms in total. The first-order chi connectivity index (χ1) is 6.65. The first-order valence-electron chi connectivity index (χ1n) is 4.69. The van der Waals surface area contributed by atoms with Crippen molar-refractivity contribution < 1.29 is 4.79 Å². The van der Waals surface area contributed by atoms with Crippen LogP contribution in [-0.4, -0.2) is 19.0 Å². The zero-order valence-electron chi connectivity index (χ0n) is 8.79. The molecule has 0 aromatic heterocycles. The molecular weight excluding hydrogens is 176 g/mol. The minimum Gasteiger partial charge on any atom is -0.324 e. The number of rotatable bonds is 3. The summed E-state index contributed by atoms with van der Waals surface area (Å²) in [5.41, 5.74) is 1.95. The Labute approximate surface area is 84.5 Å². The molecular formula is C11H16N2O. The van der Waals surface area contributed by atoms with Crippen molar-refractivity contribution in [2.45, 2.75) is 19.9 Å². The van der Waals surface area contributed by atoms with Crippen LogP contribution in [-0.2, 0) is 4.79 Å². The first-order valence-corrected chi connectivity index (χ1v) is 4.69. The lowest BCUT2D eigenvalue weighted by Crippen LogP contribution is -2.35. The Kier molecular flexibility index (Phi) is 3.65. The van der Waals surface area contributed by atoms with E-state index >= 15 is 0 Å². The monoisotopic (exact) mass is 192 g/mol. The number of carbonyl (C=O) groups is 1. The third-order valence-corrected chi connectivity index (χ3v) is 2.23. The second-order valence-corrected chi connectivity index (χ2v) is 3.31. The molecule has 0 spiro atoms. The summed E-state index contributed by atoms with van der Waals surface area (Å²) in [6, 6.07) is 7.56. The number of benzene rings is 1. The highest BCUT2D eigenvalue weighted by Gasteiger charge is 2.10. The van der Waals surface area contributed by atoms with Crippen LogP contribution in [0.4, 0.5) is 5.69 Å². The number of para-hydroxylation sites is 1. The zero-order valence-corrected chi connectivity index (χ0v) is 8.79. The van der Waals surface area contributed by atoms with Crippen LogP contribution in [0.25, 0.3) is 0 Å². The number of nitrogens with one attached hydrogen (secondary N) is 2. The second kappa shape index (κ2) is 4.77. The fraction of sp³-hybridized carbons (Fsp3) is 0.364. The summed E-state index contributed by atoms with van der Waals surface area (Å²) in [5, 5.41) is 5.75. The maximum Gasteiger partial charge on any atom is 0.241 e. The summed E-state index contributed by atoms with van der Waals surface area (Å²) >= 11 is 0. The van der Waals surface area contributed by atoms with Crippen LogP contribution in [0.15, 0.2) is 24.3 Å². The van der Waals surface area contributed by atoms with Crippen molar-refractivity contribution in [1.29, 1.82) is 0 Å². The van der Waals surface area contributed by atoms with Gasteiger partial charge in [0.05, 0.1) is 6.04 Å². The van der Waals surface area contributed by atoms with Crippen molar-refractivity contribution in [2.75, 3.05) is 12.4 Å². The third-order valence-electron chi connectivity index (χ3n) is 2.23. The predicted molar refractivity (Wildman–Crippen MR) is 58.3 cm³/mol. The second-order valence-electron chi connectivity index (χ2n) is 3.31. The Balaban J connectivity index is 2.70. The topological polar surface area (TPSA) is 41.1 Å². The van der Waals surface area contributed by atoms with Gasteiger partial charge in [-0.15, -0.1) is 0 Å². The van der Waals surface area contributed by atoms with Gasteiger partial charge in [0.15, 0.2) is 0 Å². The van der Waals surface area contributed by atoms with Crippen LogP contribution >= 0.6 is 0 Å². The number of likely N-dealkylation sites (N-methyl/N-ethyl adjacent to an activating group) is 1. The number of amides is 1. The van der Waals surface area contributed by atoms with Gasteiger partial charge in [-0.1, -0.05) is 18.2 Å². The molecule has 0 bridgehead atoms. The minimum absolute atomic E-state index is 0.0122. The van der Waals surface area contributed by atoms with Gasteiger partial charge in [-0.25, -0.2) is 0 Å². The molecule has 76 valence electrons. The fourth-order valence-electron chi connectivity index (χ4n) is 1.09. The van der Waals surface area contributed by atoms with E-state index in [1.54, 1.807) is 7.05 Å². The molecule has 3 heteroatoms. The average molecular weight is 192 g/mol. The summed E-state index contributed by atoms with van der Waals surface area (Å²) in [6.45, 7) is 3.80. The smallest absolute Gasteiger partial charge is 0.241 e. The fourth-order valence-corrected chi connectivity index (χ4v) is 1.09. The van der Waals surface area contributed by atoms with Crippen molar-refractivity contribution in [1.82, 2.24) is 5.32 Å². The molecule has 1 atom stereocenters. The van der Waals surface area contributed by atoms with E-state index in [9.17, 15) is 4.79 Å². The zero-order chi connectivity index (χ0) is 10.6. The largest absolute Gasteiger partial charge is 0.324 e. The highest BCUT2D eigenvalue weighted by Crippen LogP contribution is 2.12. The van der Waals surface area contributed by atoms with E-state index in [-0.39, 0.29) is 11.9 Å². The molecule has 0 aliphatic rings. The molecule has 0 saturated carbocycles. The van der Waals surface area contributed by atoms with Crippen LogP contribution in [0.2, 0.25) is 0 Å². The van der Waals surface area contributed by atoms with Gasteiger partial charge >= 0.3 is 0 Å². The van der Waals surface area contributed by atoms with E-state index in [2.05, 4.69) is 10.6 Å². The maximum atomic E-state index is 11.5. The maximum absolute atomic E-state index is 11.5. The molecule has 0 heterocycles. The lowest BCUT2D eigenvalue weighted by atomic mass is 10.2. The Bertz CT molecular complexity index is 323. The molecule has 1 aromatic rings.